The van der Waals surface area contributed by atoms with Gasteiger partial charge >= 0.3 is 18.1 Å². The zero-order valence-corrected chi connectivity index (χ0v) is 7.77. The molecule has 0 fully saturated rings. The number of carboxylic acids is 1. The third-order valence-corrected chi connectivity index (χ3v) is 1.49. The van der Waals surface area contributed by atoms with Crippen molar-refractivity contribution in [1.82, 2.24) is 5.32 Å². The van der Waals surface area contributed by atoms with E-state index in [1.54, 1.807) is 5.32 Å². The van der Waals surface area contributed by atoms with Crippen LogP contribution < -0.4 is 5.32 Å². The van der Waals surface area contributed by atoms with Gasteiger partial charge in [-0.05, 0) is 0 Å². The minimum absolute atomic E-state index is 0.946. The van der Waals surface area contributed by atoms with Crippen LogP contribution in [0, 0.1) is 0 Å². The monoisotopic (exact) mass is 249 g/mol. The lowest BCUT2D eigenvalue weighted by molar-refractivity contribution is -0.283. The second-order valence-corrected chi connectivity index (χ2v) is 2.87. The van der Waals surface area contributed by atoms with E-state index in [1.165, 1.54) is 0 Å². The number of carbonyl (C=O) groups is 2. The van der Waals surface area contributed by atoms with Crippen molar-refractivity contribution >= 4 is 11.9 Å². The third kappa shape index (κ3) is 4.89. The maximum absolute atomic E-state index is 12.3. The molecule has 0 aromatic rings. The molecule has 94 valence electrons. The Morgan fingerprint density at radius 1 is 1.12 bits per heavy atom. The summed E-state index contributed by atoms with van der Waals surface area (Å²) in [6.07, 6.45) is -8.27. The second kappa shape index (κ2) is 5.08. The molecule has 0 aliphatic heterocycles. The highest BCUT2D eigenvalue weighted by atomic mass is 19.4. The van der Waals surface area contributed by atoms with Crippen LogP contribution >= 0.6 is 0 Å². The highest BCUT2D eigenvalue weighted by molar-refractivity contribution is 5.93. The first-order chi connectivity index (χ1) is 7.06. The Labute approximate surface area is 86.4 Å². The number of alkyl halides is 5. The molecule has 0 aromatic carbocycles. The molecule has 9 heteroatoms. The summed E-state index contributed by atoms with van der Waals surface area (Å²) in [5.74, 6) is -7.52. The Morgan fingerprint density at radius 2 is 1.62 bits per heavy atom. The number of aliphatic carboxylic acids is 1. The first kappa shape index (κ1) is 14.6. The largest absolute Gasteiger partial charge is 0.481 e. The molecule has 0 aliphatic carbocycles. The van der Waals surface area contributed by atoms with Crippen LogP contribution in [-0.2, 0) is 9.59 Å². The predicted octanol–water partition coefficient (Wildman–Crippen LogP) is 1.17. The molecule has 0 radical (unpaired) electrons. The highest BCUT2D eigenvalue weighted by Gasteiger charge is 2.56. The molecule has 16 heavy (non-hydrogen) atoms. The van der Waals surface area contributed by atoms with Gasteiger partial charge in [-0.15, -0.1) is 0 Å². The van der Waals surface area contributed by atoms with Crippen molar-refractivity contribution in [1.29, 1.82) is 0 Å². The number of carboxylic acid groups (broad SMARTS) is 1. The van der Waals surface area contributed by atoms with Crippen LogP contribution in [0.4, 0.5) is 22.0 Å². The average Bonchev–Trinajstić information content (AvgIpc) is 1.99. The van der Waals surface area contributed by atoms with Gasteiger partial charge in [0.25, 0.3) is 0 Å². The zero-order valence-electron chi connectivity index (χ0n) is 7.77. The minimum Gasteiger partial charge on any atom is -0.481 e. The van der Waals surface area contributed by atoms with Crippen molar-refractivity contribution in [2.75, 3.05) is 6.54 Å². The molecule has 0 aromatic heterocycles. The Kier molecular flexibility index (Phi) is 4.63. The highest BCUT2D eigenvalue weighted by Crippen LogP contribution is 2.37. The van der Waals surface area contributed by atoms with Crippen LogP contribution in [0.3, 0.4) is 0 Å². The van der Waals surface area contributed by atoms with E-state index in [0.717, 1.165) is 0 Å². The van der Waals surface area contributed by atoms with E-state index in [4.69, 9.17) is 5.11 Å². The molecule has 0 heterocycles. The first-order valence-electron chi connectivity index (χ1n) is 3.99. The van der Waals surface area contributed by atoms with Crippen LogP contribution in [-0.4, -0.2) is 35.6 Å². The van der Waals surface area contributed by atoms with Crippen molar-refractivity contribution in [3.8, 4) is 0 Å². The van der Waals surface area contributed by atoms with Gasteiger partial charge in [0.1, 0.15) is 6.42 Å². The molecule has 0 unspecified atom stereocenters. The molecule has 0 rings (SSSR count). The normalized spacial score (nSPS) is 12.3. The van der Waals surface area contributed by atoms with Gasteiger partial charge in [-0.3, -0.25) is 9.59 Å². The van der Waals surface area contributed by atoms with E-state index in [1.807, 2.05) is 0 Å². The Balaban J connectivity index is 3.99. The number of carbonyl (C=O) groups excluding carboxylic acids is 1. The maximum Gasteiger partial charge on any atom is 0.453 e. The van der Waals surface area contributed by atoms with Crippen molar-refractivity contribution in [2.24, 2.45) is 0 Å². The van der Waals surface area contributed by atoms with E-state index >= 15 is 0 Å². The van der Waals surface area contributed by atoms with Crippen molar-refractivity contribution in [3.05, 3.63) is 0 Å². The van der Waals surface area contributed by atoms with Crippen LogP contribution in [0.25, 0.3) is 0 Å². The third-order valence-electron chi connectivity index (χ3n) is 1.49. The molecule has 0 spiro atoms. The molecule has 1 amide bonds. The fraction of sp³-hybridized carbons (Fsp3) is 0.714. The van der Waals surface area contributed by atoms with Gasteiger partial charge in [0.15, 0.2) is 0 Å². The van der Waals surface area contributed by atoms with E-state index in [0.29, 0.717) is 0 Å². The van der Waals surface area contributed by atoms with Gasteiger partial charge in [-0.25, -0.2) is 0 Å². The van der Waals surface area contributed by atoms with Crippen LogP contribution in [0.1, 0.15) is 12.8 Å². The molecule has 0 atom stereocenters. The standard InChI is InChI=1S/C7H8F5NO3/c8-6(9,7(10,11)12)1-2-13-4(14)3-5(15)16/h1-3H2,(H,13,14)(H,15,16). The molecule has 0 bridgehead atoms. The first-order valence-corrected chi connectivity index (χ1v) is 3.99. The number of hydrogen-bond acceptors (Lipinski definition) is 2. The summed E-state index contributed by atoms with van der Waals surface area (Å²) in [4.78, 5) is 20.5. The number of halogens is 5. The van der Waals surface area contributed by atoms with Gasteiger partial charge in [0.2, 0.25) is 5.91 Å². The number of rotatable bonds is 5. The van der Waals surface area contributed by atoms with Gasteiger partial charge in [0, 0.05) is 13.0 Å². The fourth-order valence-corrected chi connectivity index (χ4v) is 0.700. The number of amides is 1. The van der Waals surface area contributed by atoms with Crippen LogP contribution in [0.2, 0.25) is 0 Å². The second-order valence-electron chi connectivity index (χ2n) is 2.87. The molecule has 2 N–H and O–H groups in total. The minimum atomic E-state index is -5.68. The Hall–Kier alpha value is -1.41. The number of nitrogens with one attached hydrogen (secondary N) is 1. The summed E-state index contributed by atoms with van der Waals surface area (Å²) < 4.78 is 59.3. The lowest BCUT2D eigenvalue weighted by Crippen LogP contribution is -2.40. The van der Waals surface area contributed by atoms with Crippen molar-refractivity contribution < 1.29 is 36.6 Å². The molecule has 0 saturated carbocycles. The van der Waals surface area contributed by atoms with Crippen LogP contribution in [0.5, 0.6) is 0 Å². The lowest BCUT2D eigenvalue weighted by atomic mass is 10.2. The fourth-order valence-electron chi connectivity index (χ4n) is 0.700. The SMILES string of the molecule is O=C(O)CC(=O)NCCC(F)(F)C(F)(F)F. The molecule has 0 aliphatic rings. The van der Waals surface area contributed by atoms with Crippen molar-refractivity contribution in [2.45, 2.75) is 24.9 Å². The van der Waals surface area contributed by atoms with E-state index in [2.05, 4.69) is 0 Å². The Bertz CT molecular complexity index is 276. The van der Waals surface area contributed by atoms with Crippen molar-refractivity contribution in [3.63, 3.8) is 0 Å². The average molecular weight is 249 g/mol. The van der Waals surface area contributed by atoms with Gasteiger partial charge in [-0.1, -0.05) is 0 Å². The summed E-state index contributed by atoms with van der Waals surface area (Å²) in [6.45, 7) is -0.946. The van der Waals surface area contributed by atoms with Crippen LogP contribution in [0.15, 0.2) is 0 Å². The van der Waals surface area contributed by atoms with E-state index in [9.17, 15) is 31.5 Å². The molecular formula is C7H8F5NO3. The summed E-state index contributed by atoms with van der Waals surface area (Å²) in [6, 6.07) is 0. The van der Waals surface area contributed by atoms with E-state index < -0.39 is 43.4 Å². The van der Waals surface area contributed by atoms with Gasteiger partial charge in [0.05, 0.1) is 0 Å². The Morgan fingerprint density at radius 3 is 2.00 bits per heavy atom. The topological polar surface area (TPSA) is 66.4 Å². The summed E-state index contributed by atoms with van der Waals surface area (Å²) in [5.41, 5.74) is 0. The summed E-state index contributed by atoms with van der Waals surface area (Å²) >= 11 is 0. The number of hydrogen-bond donors (Lipinski definition) is 2. The molecular weight excluding hydrogens is 241 g/mol. The van der Waals surface area contributed by atoms with E-state index in [-0.39, 0.29) is 0 Å². The summed E-state index contributed by atoms with van der Waals surface area (Å²) in [5, 5.41) is 9.73. The van der Waals surface area contributed by atoms with Gasteiger partial charge < -0.3 is 10.4 Å². The smallest absolute Gasteiger partial charge is 0.453 e. The predicted molar refractivity (Wildman–Crippen MR) is 40.9 cm³/mol. The quantitative estimate of drug-likeness (QED) is 0.567. The maximum atomic E-state index is 12.3. The van der Waals surface area contributed by atoms with Gasteiger partial charge in [-0.2, -0.15) is 22.0 Å². The summed E-state index contributed by atoms with van der Waals surface area (Å²) in [7, 11) is 0. The molecule has 0 saturated heterocycles. The zero-order chi connectivity index (χ0) is 13.0. The molecule has 4 nitrogen and oxygen atoms in total. The lowest BCUT2D eigenvalue weighted by Gasteiger charge is -2.19.